The zero-order valence-corrected chi connectivity index (χ0v) is 11.6. The van der Waals surface area contributed by atoms with Gasteiger partial charge in [0.25, 0.3) is 0 Å². The smallest absolute Gasteiger partial charge is 0.187 e. The summed E-state index contributed by atoms with van der Waals surface area (Å²) in [6, 6.07) is 10.2. The first-order valence-corrected chi connectivity index (χ1v) is 6.26. The molecule has 0 aliphatic rings. The van der Waals surface area contributed by atoms with E-state index in [0.29, 0.717) is 11.7 Å². The Kier molecular flexibility index (Phi) is 6.08. The fraction of sp³-hybridized carbons (Fsp3) is 0.286. The Morgan fingerprint density at radius 2 is 2.11 bits per heavy atom. The summed E-state index contributed by atoms with van der Waals surface area (Å²) < 4.78 is 0. The Morgan fingerprint density at radius 3 is 2.72 bits per heavy atom. The lowest BCUT2D eigenvalue weighted by atomic mass is 10.0. The summed E-state index contributed by atoms with van der Waals surface area (Å²) in [4.78, 5) is 0. The average molecular weight is 261 g/mol. The molecule has 96 valence electrons. The lowest BCUT2D eigenvalue weighted by Gasteiger charge is -2.08. The van der Waals surface area contributed by atoms with Crippen LogP contribution in [-0.4, -0.2) is 17.9 Å². The number of hydrogen-bond donors (Lipinski definition) is 2. The summed E-state index contributed by atoms with van der Waals surface area (Å²) in [6.45, 7) is 8.48. The van der Waals surface area contributed by atoms with E-state index in [4.69, 9.17) is 12.2 Å². The molecule has 0 saturated heterocycles. The standard InChI is InChI=1S/C14H19N3S/c1-11(2)9-15-14(18)17-16-10-12(3)13-7-5-4-6-8-13/h4-8,10,12H,1,9H2,2-3H3,(H2,15,17,18). The van der Waals surface area contributed by atoms with Crippen molar-refractivity contribution in [3.8, 4) is 0 Å². The van der Waals surface area contributed by atoms with Gasteiger partial charge in [0.05, 0.1) is 0 Å². The predicted molar refractivity (Wildman–Crippen MR) is 81.9 cm³/mol. The van der Waals surface area contributed by atoms with Crippen molar-refractivity contribution in [2.45, 2.75) is 19.8 Å². The highest BCUT2D eigenvalue weighted by molar-refractivity contribution is 7.80. The number of nitrogens with one attached hydrogen (secondary N) is 2. The molecule has 1 rings (SSSR count). The van der Waals surface area contributed by atoms with Gasteiger partial charge in [-0.1, -0.05) is 49.4 Å². The van der Waals surface area contributed by atoms with E-state index in [0.717, 1.165) is 5.57 Å². The Labute approximate surface area is 114 Å². The molecule has 0 heterocycles. The fourth-order valence-corrected chi connectivity index (χ4v) is 1.45. The minimum Gasteiger partial charge on any atom is -0.358 e. The third-order valence-electron chi connectivity index (χ3n) is 2.34. The van der Waals surface area contributed by atoms with Crippen LogP contribution in [0.3, 0.4) is 0 Å². The molecule has 18 heavy (non-hydrogen) atoms. The van der Waals surface area contributed by atoms with Crippen molar-refractivity contribution < 1.29 is 0 Å². The van der Waals surface area contributed by atoms with Crippen LogP contribution in [0.25, 0.3) is 0 Å². The van der Waals surface area contributed by atoms with Crippen LogP contribution in [0.4, 0.5) is 0 Å². The van der Waals surface area contributed by atoms with Crippen LogP contribution in [0.1, 0.15) is 25.3 Å². The summed E-state index contributed by atoms with van der Waals surface area (Å²) >= 11 is 5.06. The molecule has 4 heteroatoms. The van der Waals surface area contributed by atoms with Crippen molar-refractivity contribution in [1.29, 1.82) is 0 Å². The number of thiocarbonyl (C=S) groups is 1. The van der Waals surface area contributed by atoms with Crippen LogP contribution in [0, 0.1) is 0 Å². The zero-order valence-electron chi connectivity index (χ0n) is 10.8. The molecule has 1 atom stereocenters. The fourth-order valence-electron chi connectivity index (χ4n) is 1.32. The largest absolute Gasteiger partial charge is 0.358 e. The van der Waals surface area contributed by atoms with Gasteiger partial charge in [-0.3, -0.25) is 5.43 Å². The number of rotatable bonds is 5. The average Bonchev–Trinajstić information content (AvgIpc) is 2.37. The van der Waals surface area contributed by atoms with Crippen molar-refractivity contribution in [2.24, 2.45) is 5.10 Å². The molecule has 0 aliphatic carbocycles. The first-order chi connectivity index (χ1) is 8.59. The van der Waals surface area contributed by atoms with E-state index in [1.54, 1.807) is 0 Å². The van der Waals surface area contributed by atoms with Gasteiger partial charge in [-0.2, -0.15) is 5.10 Å². The third-order valence-corrected chi connectivity index (χ3v) is 2.58. The zero-order chi connectivity index (χ0) is 13.4. The van der Waals surface area contributed by atoms with Gasteiger partial charge in [0, 0.05) is 18.7 Å². The molecule has 0 saturated carbocycles. The highest BCUT2D eigenvalue weighted by atomic mass is 32.1. The van der Waals surface area contributed by atoms with Gasteiger partial charge in [0.15, 0.2) is 5.11 Å². The highest BCUT2D eigenvalue weighted by Crippen LogP contribution is 2.11. The molecule has 1 aromatic carbocycles. The van der Waals surface area contributed by atoms with E-state index in [9.17, 15) is 0 Å². The molecular weight excluding hydrogens is 242 g/mol. The van der Waals surface area contributed by atoms with Crippen molar-refractivity contribution in [3.63, 3.8) is 0 Å². The third kappa shape index (κ3) is 5.59. The number of hydrazone groups is 1. The maximum absolute atomic E-state index is 5.06. The molecule has 1 unspecified atom stereocenters. The second-order valence-corrected chi connectivity index (χ2v) is 4.64. The maximum atomic E-state index is 5.06. The van der Waals surface area contributed by atoms with Crippen LogP contribution in [0.5, 0.6) is 0 Å². The van der Waals surface area contributed by atoms with Crippen molar-refractivity contribution in [2.75, 3.05) is 6.54 Å². The van der Waals surface area contributed by atoms with Crippen LogP contribution in [0.2, 0.25) is 0 Å². The van der Waals surface area contributed by atoms with E-state index in [1.165, 1.54) is 5.56 Å². The predicted octanol–water partition coefficient (Wildman–Crippen LogP) is 2.82. The molecule has 0 amide bonds. The van der Waals surface area contributed by atoms with Gasteiger partial charge in [0.2, 0.25) is 0 Å². The van der Waals surface area contributed by atoms with Crippen LogP contribution < -0.4 is 10.7 Å². The van der Waals surface area contributed by atoms with Gasteiger partial charge < -0.3 is 5.32 Å². The van der Waals surface area contributed by atoms with E-state index >= 15 is 0 Å². The van der Waals surface area contributed by atoms with Crippen LogP contribution >= 0.6 is 12.2 Å². The Bertz CT molecular complexity index is 426. The first-order valence-electron chi connectivity index (χ1n) is 5.86. The molecule has 3 nitrogen and oxygen atoms in total. The molecule has 0 fully saturated rings. The summed E-state index contributed by atoms with van der Waals surface area (Å²) in [5, 5.41) is 7.63. The topological polar surface area (TPSA) is 36.4 Å². The molecule has 0 aromatic heterocycles. The van der Waals surface area contributed by atoms with Gasteiger partial charge in [-0.05, 0) is 24.7 Å². The van der Waals surface area contributed by atoms with Crippen molar-refractivity contribution in [1.82, 2.24) is 10.7 Å². The number of nitrogens with zero attached hydrogens (tertiary/aromatic N) is 1. The molecule has 0 radical (unpaired) electrons. The quantitative estimate of drug-likeness (QED) is 0.370. The molecule has 1 aromatic rings. The highest BCUT2D eigenvalue weighted by Gasteiger charge is 2.00. The lowest BCUT2D eigenvalue weighted by Crippen LogP contribution is -2.33. The van der Waals surface area contributed by atoms with Gasteiger partial charge in [-0.15, -0.1) is 0 Å². The van der Waals surface area contributed by atoms with E-state index in [-0.39, 0.29) is 5.92 Å². The minimum atomic E-state index is 0.252. The van der Waals surface area contributed by atoms with Gasteiger partial charge >= 0.3 is 0 Å². The molecule has 0 aliphatic heterocycles. The van der Waals surface area contributed by atoms with E-state index < -0.39 is 0 Å². The Balaban J connectivity index is 2.36. The second kappa shape index (κ2) is 7.61. The lowest BCUT2D eigenvalue weighted by molar-refractivity contribution is 0.906. The maximum Gasteiger partial charge on any atom is 0.187 e. The normalized spacial score (nSPS) is 12.1. The van der Waals surface area contributed by atoms with E-state index in [1.807, 2.05) is 31.3 Å². The molecule has 2 N–H and O–H groups in total. The van der Waals surface area contributed by atoms with E-state index in [2.05, 4.69) is 41.5 Å². The number of benzene rings is 1. The molecular formula is C14H19N3S. The monoisotopic (exact) mass is 261 g/mol. The number of hydrogen-bond acceptors (Lipinski definition) is 2. The van der Waals surface area contributed by atoms with Crippen LogP contribution in [0.15, 0.2) is 47.6 Å². The van der Waals surface area contributed by atoms with Crippen LogP contribution in [-0.2, 0) is 0 Å². The minimum absolute atomic E-state index is 0.252. The Morgan fingerprint density at radius 1 is 1.44 bits per heavy atom. The summed E-state index contributed by atoms with van der Waals surface area (Å²) in [6.07, 6.45) is 1.84. The second-order valence-electron chi connectivity index (χ2n) is 4.23. The van der Waals surface area contributed by atoms with Crippen molar-refractivity contribution in [3.05, 3.63) is 48.0 Å². The van der Waals surface area contributed by atoms with Crippen molar-refractivity contribution >= 4 is 23.5 Å². The molecule has 0 spiro atoms. The summed E-state index contributed by atoms with van der Waals surface area (Å²) in [7, 11) is 0. The Hall–Kier alpha value is -1.68. The first kappa shape index (κ1) is 14.4. The van der Waals surface area contributed by atoms with Gasteiger partial charge in [0.1, 0.15) is 0 Å². The summed E-state index contributed by atoms with van der Waals surface area (Å²) in [5.41, 5.74) is 5.04. The molecule has 0 bridgehead atoms. The summed E-state index contributed by atoms with van der Waals surface area (Å²) in [5.74, 6) is 0.252. The SMILES string of the molecule is C=C(C)CNC(=S)NN=CC(C)c1ccccc1. The van der Waals surface area contributed by atoms with Gasteiger partial charge in [-0.25, -0.2) is 0 Å².